The Morgan fingerprint density at radius 3 is 2.10 bits per heavy atom. The van der Waals surface area contributed by atoms with E-state index in [0.29, 0.717) is 13.1 Å². The van der Waals surface area contributed by atoms with Crippen molar-refractivity contribution < 1.29 is 19.4 Å². The van der Waals surface area contributed by atoms with Crippen LogP contribution in [0.15, 0.2) is 0 Å². The molecule has 6 heteroatoms. The van der Waals surface area contributed by atoms with E-state index in [1.165, 1.54) is 0 Å². The molecule has 0 aliphatic carbocycles. The minimum Gasteiger partial charge on any atom is -0.481 e. The lowest BCUT2D eigenvalue weighted by atomic mass is 9.84. The molecule has 0 atom stereocenters. The van der Waals surface area contributed by atoms with Gasteiger partial charge in [0.15, 0.2) is 0 Å². The molecule has 1 fully saturated rings. The molecule has 116 valence electrons. The normalized spacial score (nSPS) is 17.8. The van der Waals surface area contributed by atoms with Crippen LogP contribution in [0.5, 0.6) is 0 Å². The van der Waals surface area contributed by atoms with Crippen molar-refractivity contribution in [3.8, 4) is 0 Å². The lowest BCUT2D eigenvalue weighted by Crippen LogP contribution is -2.72. The van der Waals surface area contributed by atoms with Crippen LogP contribution in [-0.4, -0.2) is 64.3 Å². The monoisotopic (exact) mass is 286 g/mol. The van der Waals surface area contributed by atoms with Gasteiger partial charge in [-0.05, 0) is 33.9 Å². The van der Waals surface area contributed by atoms with E-state index in [-0.39, 0.29) is 12.5 Å². The molecule has 1 aliphatic heterocycles. The van der Waals surface area contributed by atoms with Crippen LogP contribution in [0.25, 0.3) is 0 Å². The molecule has 0 spiro atoms. The molecule has 0 bridgehead atoms. The first-order chi connectivity index (χ1) is 9.13. The third-order valence-corrected chi connectivity index (χ3v) is 3.54. The van der Waals surface area contributed by atoms with Crippen molar-refractivity contribution in [2.45, 2.75) is 52.2 Å². The summed E-state index contributed by atoms with van der Waals surface area (Å²) < 4.78 is 5.31. The molecular weight excluding hydrogens is 260 g/mol. The molecule has 0 radical (unpaired) electrons. The highest BCUT2D eigenvalue weighted by Crippen LogP contribution is 2.32. The van der Waals surface area contributed by atoms with Crippen molar-refractivity contribution in [3.05, 3.63) is 0 Å². The van der Waals surface area contributed by atoms with Crippen LogP contribution in [0.1, 0.15) is 41.0 Å². The van der Waals surface area contributed by atoms with Crippen LogP contribution >= 0.6 is 0 Å². The van der Waals surface area contributed by atoms with Crippen LogP contribution in [0.3, 0.4) is 0 Å². The van der Waals surface area contributed by atoms with E-state index >= 15 is 0 Å². The highest BCUT2D eigenvalue weighted by Gasteiger charge is 2.50. The van der Waals surface area contributed by atoms with E-state index in [4.69, 9.17) is 9.84 Å². The lowest BCUT2D eigenvalue weighted by Gasteiger charge is -2.54. The highest BCUT2D eigenvalue weighted by atomic mass is 16.6. The van der Waals surface area contributed by atoms with Gasteiger partial charge in [0.2, 0.25) is 0 Å². The third kappa shape index (κ3) is 3.85. The highest BCUT2D eigenvalue weighted by molar-refractivity contribution is 5.73. The Morgan fingerprint density at radius 2 is 1.75 bits per heavy atom. The zero-order valence-corrected chi connectivity index (χ0v) is 13.1. The first-order valence-corrected chi connectivity index (χ1v) is 7.08. The number of carbonyl (C=O) groups is 2. The van der Waals surface area contributed by atoms with Crippen molar-refractivity contribution in [1.82, 2.24) is 9.80 Å². The van der Waals surface area contributed by atoms with E-state index < -0.39 is 17.1 Å². The maximum atomic E-state index is 12.0. The number of likely N-dealkylation sites (tertiary alicyclic amines) is 1. The molecule has 1 aliphatic rings. The maximum Gasteiger partial charge on any atom is 0.410 e. The smallest absolute Gasteiger partial charge is 0.410 e. The Morgan fingerprint density at radius 1 is 1.25 bits per heavy atom. The standard InChI is InChI=1S/C14H26N2O4/c1-6-16(7-2)14(8-11(17)18)9-15(10-14)12(19)20-13(3,4)5/h6-10H2,1-5H3,(H,17,18). The molecular formula is C14H26N2O4. The minimum atomic E-state index is -0.833. The van der Waals surface area contributed by atoms with Crippen molar-refractivity contribution in [2.24, 2.45) is 0 Å². The van der Waals surface area contributed by atoms with Gasteiger partial charge in [-0.3, -0.25) is 9.69 Å². The summed E-state index contributed by atoms with van der Waals surface area (Å²) in [6, 6.07) is 0. The molecule has 1 rings (SSSR count). The number of carboxylic acid groups (broad SMARTS) is 1. The molecule has 0 aromatic rings. The number of amides is 1. The molecule has 6 nitrogen and oxygen atoms in total. The van der Waals surface area contributed by atoms with E-state index in [1.807, 2.05) is 34.6 Å². The van der Waals surface area contributed by atoms with Gasteiger partial charge in [0, 0.05) is 13.1 Å². The summed E-state index contributed by atoms with van der Waals surface area (Å²) in [4.78, 5) is 26.7. The van der Waals surface area contributed by atoms with Crippen LogP contribution in [0, 0.1) is 0 Å². The summed E-state index contributed by atoms with van der Waals surface area (Å²) in [6.07, 6.45) is -0.320. The Kier molecular flexibility index (Phi) is 5.02. The van der Waals surface area contributed by atoms with E-state index in [9.17, 15) is 9.59 Å². The van der Waals surface area contributed by atoms with Gasteiger partial charge >= 0.3 is 12.1 Å². The molecule has 0 unspecified atom stereocenters. The Labute approximate surface area is 120 Å². The van der Waals surface area contributed by atoms with Gasteiger partial charge < -0.3 is 14.7 Å². The summed E-state index contributed by atoms with van der Waals surface area (Å²) >= 11 is 0. The van der Waals surface area contributed by atoms with E-state index in [1.54, 1.807) is 4.90 Å². The minimum absolute atomic E-state index is 0.0496. The Bertz CT molecular complexity index is 366. The molecule has 0 saturated carbocycles. The average Bonchev–Trinajstić information content (AvgIpc) is 2.22. The van der Waals surface area contributed by atoms with Crippen LogP contribution in [0.4, 0.5) is 4.79 Å². The summed E-state index contributed by atoms with van der Waals surface area (Å²) in [7, 11) is 0. The first kappa shape index (κ1) is 16.8. The second-order valence-electron chi connectivity index (χ2n) is 6.30. The fraction of sp³-hybridized carbons (Fsp3) is 0.857. The van der Waals surface area contributed by atoms with Gasteiger partial charge in [0.05, 0.1) is 12.0 Å². The van der Waals surface area contributed by atoms with Crippen molar-refractivity contribution in [3.63, 3.8) is 0 Å². The van der Waals surface area contributed by atoms with Crippen molar-refractivity contribution >= 4 is 12.1 Å². The Balaban J connectivity index is 2.71. The summed E-state index contributed by atoms with van der Waals surface area (Å²) in [5, 5.41) is 9.10. The van der Waals surface area contributed by atoms with E-state index in [2.05, 4.69) is 4.90 Å². The number of likely N-dealkylation sites (N-methyl/N-ethyl adjacent to an activating group) is 1. The average molecular weight is 286 g/mol. The van der Waals surface area contributed by atoms with Gasteiger partial charge in [-0.25, -0.2) is 4.79 Å². The zero-order valence-electron chi connectivity index (χ0n) is 13.1. The second-order valence-corrected chi connectivity index (χ2v) is 6.30. The first-order valence-electron chi connectivity index (χ1n) is 7.08. The number of carbonyl (C=O) groups excluding carboxylic acids is 1. The number of aliphatic carboxylic acids is 1. The summed E-state index contributed by atoms with van der Waals surface area (Å²) in [6.45, 7) is 11.8. The van der Waals surface area contributed by atoms with Gasteiger partial charge in [0.1, 0.15) is 5.60 Å². The predicted molar refractivity (Wildman–Crippen MR) is 75.7 cm³/mol. The van der Waals surface area contributed by atoms with Crippen molar-refractivity contribution in [1.29, 1.82) is 0 Å². The quantitative estimate of drug-likeness (QED) is 0.834. The van der Waals surface area contributed by atoms with Crippen LogP contribution in [-0.2, 0) is 9.53 Å². The number of ether oxygens (including phenoxy) is 1. The third-order valence-electron chi connectivity index (χ3n) is 3.54. The molecule has 0 aromatic heterocycles. The Hall–Kier alpha value is -1.30. The fourth-order valence-electron chi connectivity index (χ4n) is 2.72. The molecule has 1 N–H and O–H groups in total. The molecule has 1 heterocycles. The zero-order chi connectivity index (χ0) is 15.6. The lowest BCUT2D eigenvalue weighted by molar-refractivity contribution is -0.145. The van der Waals surface area contributed by atoms with E-state index in [0.717, 1.165) is 13.1 Å². The summed E-state index contributed by atoms with van der Waals surface area (Å²) in [5.74, 6) is -0.833. The number of nitrogens with zero attached hydrogens (tertiary/aromatic N) is 2. The topological polar surface area (TPSA) is 70.1 Å². The van der Waals surface area contributed by atoms with Crippen molar-refractivity contribution in [2.75, 3.05) is 26.2 Å². The number of hydrogen-bond donors (Lipinski definition) is 1. The van der Waals surface area contributed by atoms with Crippen LogP contribution < -0.4 is 0 Å². The van der Waals surface area contributed by atoms with Gasteiger partial charge in [-0.1, -0.05) is 13.8 Å². The molecule has 1 amide bonds. The molecule has 1 saturated heterocycles. The fourth-order valence-corrected chi connectivity index (χ4v) is 2.72. The number of carboxylic acids is 1. The maximum absolute atomic E-state index is 12.0. The van der Waals surface area contributed by atoms with Gasteiger partial charge in [-0.2, -0.15) is 0 Å². The predicted octanol–water partition coefficient (Wildman–Crippen LogP) is 1.79. The second kappa shape index (κ2) is 5.99. The number of rotatable bonds is 5. The van der Waals surface area contributed by atoms with Gasteiger partial charge in [-0.15, -0.1) is 0 Å². The van der Waals surface area contributed by atoms with Crippen LogP contribution in [0.2, 0.25) is 0 Å². The van der Waals surface area contributed by atoms with Gasteiger partial charge in [0.25, 0.3) is 0 Å². The summed E-state index contributed by atoms with van der Waals surface area (Å²) in [5.41, 5.74) is -0.983. The SMILES string of the molecule is CCN(CC)C1(CC(=O)O)CN(C(=O)OC(C)(C)C)C1. The molecule has 20 heavy (non-hydrogen) atoms. The number of hydrogen-bond acceptors (Lipinski definition) is 4. The molecule has 0 aromatic carbocycles. The largest absolute Gasteiger partial charge is 0.481 e.